The maximum absolute atomic E-state index is 11.6. The minimum Gasteiger partial charge on any atom is -0.357 e. The number of nitro benzene ring substituents is 1. The Kier molecular flexibility index (Phi) is 4.24. The first kappa shape index (κ1) is 13.9. The minimum atomic E-state index is -0.469. The molecule has 0 saturated carbocycles. The Balaban J connectivity index is 2.05. The van der Waals surface area contributed by atoms with E-state index < -0.39 is 4.92 Å². The van der Waals surface area contributed by atoms with Crippen molar-refractivity contribution in [3.8, 4) is 0 Å². The van der Waals surface area contributed by atoms with Gasteiger partial charge >= 0.3 is 0 Å². The number of likely N-dealkylation sites (N-methyl/N-ethyl adjacent to an activating group) is 1. The van der Waals surface area contributed by atoms with Crippen molar-refractivity contribution in [2.45, 2.75) is 18.9 Å². The van der Waals surface area contributed by atoms with Crippen LogP contribution in [0.25, 0.3) is 0 Å². The molecule has 8 nitrogen and oxygen atoms in total. The molecule has 1 N–H and O–H groups in total. The number of carbonyl (C=O) groups excluding carboxylic acids is 1. The molecule has 8 heteroatoms. The molecule has 1 aliphatic heterocycles. The number of hydrogen-bond donors (Lipinski definition) is 1. The van der Waals surface area contributed by atoms with E-state index >= 15 is 0 Å². The first-order chi connectivity index (χ1) is 9.61. The molecule has 0 unspecified atom stereocenters. The highest BCUT2D eigenvalue weighted by Crippen LogP contribution is 2.22. The van der Waals surface area contributed by atoms with Gasteiger partial charge in [-0.1, -0.05) is 5.22 Å². The summed E-state index contributed by atoms with van der Waals surface area (Å²) in [6.45, 7) is 0.675. The Labute approximate surface area is 115 Å². The molecule has 1 heterocycles. The summed E-state index contributed by atoms with van der Waals surface area (Å²) in [4.78, 5) is 21.7. The van der Waals surface area contributed by atoms with Gasteiger partial charge in [-0.05, 0) is 25.0 Å². The lowest BCUT2D eigenvalue weighted by Crippen LogP contribution is -2.39. The van der Waals surface area contributed by atoms with Crippen molar-refractivity contribution in [2.75, 3.05) is 13.6 Å². The molecule has 0 radical (unpaired) electrons. The Morgan fingerprint density at radius 3 is 2.75 bits per heavy atom. The molecular weight excluding hydrogens is 262 g/mol. The second-order valence-corrected chi connectivity index (χ2v) is 4.40. The molecular formula is C12H15N5O3. The van der Waals surface area contributed by atoms with Crippen LogP contribution in [0.5, 0.6) is 0 Å². The third kappa shape index (κ3) is 3.08. The molecule has 1 amide bonds. The number of nitrogens with one attached hydrogen (secondary N) is 1. The number of rotatable bonds is 4. The number of nitro groups is 1. The van der Waals surface area contributed by atoms with Crippen LogP contribution >= 0.6 is 0 Å². The number of benzene rings is 1. The molecule has 106 valence electrons. The van der Waals surface area contributed by atoms with Crippen LogP contribution in [0.3, 0.4) is 0 Å². The summed E-state index contributed by atoms with van der Waals surface area (Å²) in [6.07, 6.45) is 1.64. The van der Waals surface area contributed by atoms with E-state index in [0.29, 0.717) is 12.2 Å². The number of hydrogen-bond acceptors (Lipinski definition) is 5. The van der Waals surface area contributed by atoms with E-state index in [1.54, 1.807) is 12.1 Å². The third-order valence-corrected chi connectivity index (χ3v) is 3.11. The monoisotopic (exact) mass is 277 g/mol. The van der Waals surface area contributed by atoms with E-state index in [4.69, 9.17) is 0 Å². The molecule has 1 aromatic rings. The molecule has 20 heavy (non-hydrogen) atoms. The van der Waals surface area contributed by atoms with Crippen molar-refractivity contribution < 1.29 is 9.72 Å². The highest BCUT2D eigenvalue weighted by atomic mass is 16.6. The van der Waals surface area contributed by atoms with Crippen LogP contribution in [-0.4, -0.2) is 35.5 Å². The van der Waals surface area contributed by atoms with Crippen LogP contribution in [0.1, 0.15) is 12.8 Å². The summed E-state index contributed by atoms with van der Waals surface area (Å²) in [5.74, 6) is -0.0786. The van der Waals surface area contributed by atoms with Gasteiger partial charge in [0.25, 0.3) is 5.69 Å². The SMILES string of the molecule is CNC(=O)[C@@H]1CCCN1N=Nc1ccc([N+](=O)[O-])cc1. The predicted octanol–water partition coefficient (Wildman–Crippen LogP) is 1.80. The van der Waals surface area contributed by atoms with Crippen molar-refractivity contribution in [3.05, 3.63) is 34.4 Å². The molecule has 1 atom stereocenters. The van der Waals surface area contributed by atoms with Gasteiger partial charge in [-0.25, -0.2) is 0 Å². The van der Waals surface area contributed by atoms with Gasteiger partial charge in [-0.15, -0.1) is 5.11 Å². The van der Waals surface area contributed by atoms with Gasteiger partial charge in [0.15, 0.2) is 0 Å². The molecule has 0 aliphatic carbocycles. The number of carbonyl (C=O) groups is 1. The molecule has 1 aliphatic rings. The molecule has 2 rings (SSSR count). The zero-order valence-corrected chi connectivity index (χ0v) is 11.0. The standard InChI is InChI=1S/C12H15N5O3/c1-13-12(18)11-3-2-8-16(11)15-14-9-4-6-10(7-5-9)17(19)20/h4-7,11H,2-3,8H2,1H3,(H,13,18)/t11-/m0/s1. The first-order valence-electron chi connectivity index (χ1n) is 6.26. The lowest BCUT2D eigenvalue weighted by atomic mass is 10.2. The molecule has 0 spiro atoms. The van der Waals surface area contributed by atoms with E-state index in [0.717, 1.165) is 12.8 Å². The fourth-order valence-electron chi connectivity index (χ4n) is 2.04. The summed E-state index contributed by atoms with van der Waals surface area (Å²) in [5, 5.41) is 22.8. The van der Waals surface area contributed by atoms with Gasteiger partial charge < -0.3 is 5.32 Å². The Bertz CT molecular complexity index is 528. The molecule has 1 fully saturated rings. The second-order valence-electron chi connectivity index (χ2n) is 4.40. The van der Waals surface area contributed by atoms with E-state index in [9.17, 15) is 14.9 Å². The zero-order valence-electron chi connectivity index (χ0n) is 11.0. The number of amides is 1. The van der Waals surface area contributed by atoms with Gasteiger partial charge in [0.2, 0.25) is 5.91 Å². The average molecular weight is 277 g/mol. The van der Waals surface area contributed by atoms with Crippen LogP contribution in [-0.2, 0) is 4.79 Å². The lowest BCUT2D eigenvalue weighted by Gasteiger charge is -2.17. The minimum absolute atomic E-state index is 0.00774. The van der Waals surface area contributed by atoms with E-state index in [2.05, 4.69) is 15.7 Å². The molecule has 0 bridgehead atoms. The molecule has 1 saturated heterocycles. The van der Waals surface area contributed by atoms with Gasteiger partial charge in [0.1, 0.15) is 6.04 Å². The van der Waals surface area contributed by atoms with Crippen molar-refractivity contribution >= 4 is 17.3 Å². The smallest absolute Gasteiger partial charge is 0.269 e. The van der Waals surface area contributed by atoms with Gasteiger partial charge in [0, 0.05) is 25.7 Å². The average Bonchev–Trinajstić information content (AvgIpc) is 2.93. The lowest BCUT2D eigenvalue weighted by molar-refractivity contribution is -0.384. The van der Waals surface area contributed by atoms with Crippen molar-refractivity contribution in [3.63, 3.8) is 0 Å². The van der Waals surface area contributed by atoms with E-state index in [1.165, 1.54) is 24.3 Å². The Hall–Kier alpha value is -2.51. The zero-order chi connectivity index (χ0) is 14.5. The predicted molar refractivity (Wildman–Crippen MR) is 71.4 cm³/mol. The highest BCUT2D eigenvalue weighted by molar-refractivity contribution is 5.81. The number of nitrogens with zero attached hydrogens (tertiary/aromatic N) is 4. The number of non-ortho nitro benzene ring substituents is 1. The van der Waals surface area contributed by atoms with Crippen molar-refractivity contribution in [1.29, 1.82) is 0 Å². The maximum atomic E-state index is 11.6. The van der Waals surface area contributed by atoms with Gasteiger partial charge in [-0.2, -0.15) is 0 Å². The van der Waals surface area contributed by atoms with Crippen LogP contribution in [0, 0.1) is 10.1 Å². The van der Waals surface area contributed by atoms with Gasteiger partial charge in [0.05, 0.1) is 10.6 Å². The quantitative estimate of drug-likeness (QED) is 0.515. The molecule has 1 aromatic carbocycles. The second kappa shape index (κ2) is 6.09. The van der Waals surface area contributed by atoms with E-state index in [1.807, 2.05) is 0 Å². The van der Waals surface area contributed by atoms with Crippen molar-refractivity contribution in [1.82, 2.24) is 10.3 Å². The highest BCUT2D eigenvalue weighted by Gasteiger charge is 2.29. The van der Waals surface area contributed by atoms with Crippen molar-refractivity contribution in [2.24, 2.45) is 10.3 Å². The molecule has 0 aromatic heterocycles. The van der Waals surface area contributed by atoms with Gasteiger partial charge in [-0.3, -0.25) is 19.9 Å². The summed E-state index contributed by atoms with van der Waals surface area (Å²) >= 11 is 0. The van der Waals surface area contributed by atoms with Crippen LogP contribution < -0.4 is 5.32 Å². The maximum Gasteiger partial charge on any atom is 0.269 e. The summed E-state index contributed by atoms with van der Waals surface area (Å²) in [5.41, 5.74) is 0.520. The van der Waals surface area contributed by atoms with Crippen LogP contribution in [0.2, 0.25) is 0 Å². The fraction of sp³-hybridized carbons (Fsp3) is 0.417. The van der Waals surface area contributed by atoms with E-state index in [-0.39, 0.29) is 17.6 Å². The largest absolute Gasteiger partial charge is 0.357 e. The Morgan fingerprint density at radius 1 is 1.45 bits per heavy atom. The summed E-state index contributed by atoms with van der Waals surface area (Å²) < 4.78 is 0. The summed E-state index contributed by atoms with van der Waals surface area (Å²) in [7, 11) is 1.59. The third-order valence-electron chi connectivity index (χ3n) is 3.11. The van der Waals surface area contributed by atoms with Crippen LogP contribution in [0.4, 0.5) is 11.4 Å². The summed E-state index contributed by atoms with van der Waals surface area (Å²) in [6, 6.07) is 5.49. The first-order valence-corrected chi connectivity index (χ1v) is 6.26. The topological polar surface area (TPSA) is 100 Å². The Morgan fingerprint density at radius 2 is 2.15 bits per heavy atom. The fourth-order valence-corrected chi connectivity index (χ4v) is 2.04. The van der Waals surface area contributed by atoms with Crippen LogP contribution in [0.15, 0.2) is 34.6 Å². The normalized spacial score (nSPS) is 18.4.